The van der Waals surface area contributed by atoms with Gasteiger partial charge in [-0.05, 0) is 30.9 Å². The predicted octanol–water partition coefficient (Wildman–Crippen LogP) is 2.67. The second-order valence-electron chi connectivity index (χ2n) is 7.10. The summed E-state index contributed by atoms with van der Waals surface area (Å²) in [6, 6.07) is 1.10. The number of allylic oxidation sites excluding steroid dienone is 1. The number of nitrogens with two attached hydrogens (primary N) is 1. The molecular formula is C19H24F3N7O. The number of carbonyl (C=O) groups excluding carboxylic acids is 1. The third-order valence-corrected chi connectivity index (χ3v) is 5.00. The molecule has 162 valence electrons. The van der Waals surface area contributed by atoms with Gasteiger partial charge in [-0.3, -0.25) is 4.99 Å². The summed E-state index contributed by atoms with van der Waals surface area (Å²) in [7, 11) is 1.62. The Bertz CT molecular complexity index is 866. The quantitative estimate of drug-likeness (QED) is 0.610. The maximum atomic E-state index is 12.4. The number of halogens is 3. The molecule has 2 unspecified atom stereocenters. The van der Waals surface area contributed by atoms with Crippen molar-refractivity contribution < 1.29 is 18.0 Å². The van der Waals surface area contributed by atoms with Crippen molar-refractivity contribution in [3.05, 3.63) is 35.9 Å². The fraction of sp³-hybridized carbons (Fsp3) is 0.474. The number of rotatable bonds is 6. The van der Waals surface area contributed by atoms with Crippen LogP contribution in [-0.2, 0) is 0 Å². The number of urea groups is 1. The monoisotopic (exact) mass is 423 g/mol. The molecular weight excluding hydrogens is 399 g/mol. The van der Waals surface area contributed by atoms with Crippen LogP contribution < -0.4 is 16.4 Å². The van der Waals surface area contributed by atoms with Crippen molar-refractivity contribution in [2.45, 2.75) is 43.9 Å². The van der Waals surface area contributed by atoms with Crippen LogP contribution >= 0.6 is 0 Å². The summed E-state index contributed by atoms with van der Waals surface area (Å²) in [5.41, 5.74) is 7.81. The van der Waals surface area contributed by atoms with Crippen LogP contribution in [0.1, 0.15) is 31.4 Å². The second kappa shape index (κ2) is 9.14. The van der Waals surface area contributed by atoms with E-state index in [1.54, 1.807) is 30.4 Å². The maximum absolute atomic E-state index is 12.4. The zero-order valence-electron chi connectivity index (χ0n) is 16.5. The smallest absolute Gasteiger partial charge is 0.390 e. The average molecular weight is 423 g/mol. The number of alkyl halides is 3. The Morgan fingerprint density at radius 1 is 1.43 bits per heavy atom. The fourth-order valence-corrected chi connectivity index (χ4v) is 3.72. The van der Waals surface area contributed by atoms with Crippen molar-refractivity contribution in [1.29, 1.82) is 0 Å². The Kier molecular flexibility index (Phi) is 6.58. The molecule has 8 nitrogen and oxygen atoms in total. The van der Waals surface area contributed by atoms with Gasteiger partial charge in [0.05, 0.1) is 23.9 Å². The number of nitrogens with one attached hydrogen (secondary N) is 2. The van der Waals surface area contributed by atoms with E-state index in [9.17, 15) is 18.0 Å². The van der Waals surface area contributed by atoms with Crippen LogP contribution in [0.3, 0.4) is 0 Å². The van der Waals surface area contributed by atoms with E-state index < -0.39 is 25.2 Å². The second-order valence-corrected chi connectivity index (χ2v) is 7.10. The van der Waals surface area contributed by atoms with Gasteiger partial charge in [0.1, 0.15) is 0 Å². The number of nitrogens with zero attached hydrogens (tertiary/aromatic N) is 4. The highest BCUT2D eigenvalue weighted by atomic mass is 19.4. The van der Waals surface area contributed by atoms with E-state index in [0.717, 1.165) is 24.1 Å². The summed E-state index contributed by atoms with van der Waals surface area (Å²) >= 11 is 0. The first-order valence-electron chi connectivity index (χ1n) is 9.59. The van der Waals surface area contributed by atoms with Gasteiger partial charge in [-0.25, -0.2) is 14.8 Å². The first-order valence-corrected chi connectivity index (χ1v) is 9.59. The topological polar surface area (TPSA) is 109 Å². The van der Waals surface area contributed by atoms with E-state index in [2.05, 4.69) is 25.6 Å². The normalized spacial score (nSPS) is 21.7. The lowest BCUT2D eigenvalue weighted by Gasteiger charge is -2.34. The number of carbonyl (C=O) groups is 1. The minimum absolute atomic E-state index is 0.0704. The molecule has 3 rings (SSSR count). The van der Waals surface area contributed by atoms with Crippen molar-refractivity contribution in [2.75, 3.05) is 18.9 Å². The summed E-state index contributed by atoms with van der Waals surface area (Å²) in [6.45, 7) is -0.423. The van der Waals surface area contributed by atoms with Gasteiger partial charge in [0.25, 0.3) is 0 Å². The van der Waals surface area contributed by atoms with E-state index in [1.165, 1.54) is 6.20 Å². The van der Waals surface area contributed by atoms with Gasteiger partial charge < -0.3 is 21.3 Å². The lowest BCUT2D eigenvalue weighted by atomic mass is 9.98. The number of aliphatic imine (C=N–C) groups is 1. The summed E-state index contributed by atoms with van der Waals surface area (Å²) in [5.74, 6) is 0.365. The number of fused-ring (bicyclic) bond motifs is 2. The van der Waals surface area contributed by atoms with E-state index in [-0.39, 0.29) is 12.1 Å². The average Bonchev–Trinajstić information content (AvgIpc) is 2.96. The molecule has 1 aromatic rings. The van der Waals surface area contributed by atoms with Gasteiger partial charge in [-0.2, -0.15) is 13.2 Å². The molecule has 1 saturated heterocycles. The first-order chi connectivity index (χ1) is 14.3. The number of anilines is 1. The zero-order valence-corrected chi connectivity index (χ0v) is 16.5. The first kappa shape index (κ1) is 21.6. The van der Waals surface area contributed by atoms with Gasteiger partial charge in [-0.15, -0.1) is 0 Å². The predicted molar refractivity (Wildman–Crippen MR) is 108 cm³/mol. The molecule has 11 heteroatoms. The van der Waals surface area contributed by atoms with Crippen LogP contribution in [0, 0.1) is 0 Å². The summed E-state index contributed by atoms with van der Waals surface area (Å²) in [5, 5.41) is 5.37. The van der Waals surface area contributed by atoms with E-state index in [4.69, 9.17) is 5.73 Å². The third-order valence-electron chi connectivity index (χ3n) is 5.00. The van der Waals surface area contributed by atoms with Crippen LogP contribution in [0.5, 0.6) is 0 Å². The number of hydrogen-bond donors (Lipinski definition) is 3. The van der Waals surface area contributed by atoms with E-state index >= 15 is 0 Å². The van der Waals surface area contributed by atoms with Crippen LogP contribution in [0.25, 0.3) is 5.57 Å². The lowest BCUT2D eigenvalue weighted by molar-refractivity contribution is -0.133. The molecule has 0 aliphatic carbocycles. The summed E-state index contributed by atoms with van der Waals surface area (Å²) in [6.07, 6.45) is 3.31. The maximum Gasteiger partial charge on any atom is 0.390 e. The SMILES string of the molecule is CN=CC(=CN)Nc1nccc(C2=CC3CCC(C2)N3C(=O)NCCC(F)(F)F)n1. The van der Waals surface area contributed by atoms with Crippen molar-refractivity contribution in [3.63, 3.8) is 0 Å². The van der Waals surface area contributed by atoms with Crippen molar-refractivity contribution >= 4 is 23.8 Å². The molecule has 4 N–H and O–H groups in total. The minimum atomic E-state index is -4.29. The highest BCUT2D eigenvalue weighted by molar-refractivity contribution is 5.82. The Balaban J connectivity index is 1.69. The third kappa shape index (κ3) is 5.28. The Morgan fingerprint density at radius 2 is 2.23 bits per heavy atom. The molecule has 0 saturated carbocycles. The summed E-state index contributed by atoms with van der Waals surface area (Å²) < 4.78 is 37.0. The lowest BCUT2D eigenvalue weighted by Crippen LogP contribution is -2.48. The summed E-state index contributed by atoms with van der Waals surface area (Å²) in [4.78, 5) is 26.6. The molecule has 30 heavy (non-hydrogen) atoms. The van der Waals surface area contributed by atoms with Crippen molar-refractivity contribution in [2.24, 2.45) is 10.7 Å². The standard InChI is InChI=1S/C19H24F3N7O/c1-24-11-13(10-23)27-17-25-6-4-16(28-17)12-8-14-2-3-15(9-12)29(14)18(30)26-7-5-19(20,21)22/h4,6,8,10-11,14-15H,2-3,5,7,9,23H2,1H3,(H,26,30)(H,25,27,28). The molecule has 2 bridgehead atoms. The van der Waals surface area contributed by atoms with Gasteiger partial charge in [0.15, 0.2) is 0 Å². The molecule has 3 heterocycles. The molecule has 0 aromatic carbocycles. The molecule has 0 spiro atoms. The molecule has 2 aliphatic heterocycles. The Hall–Kier alpha value is -3.11. The zero-order chi connectivity index (χ0) is 21.7. The number of aromatic nitrogens is 2. The number of hydrogen-bond acceptors (Lipinski definition) is 6. The van der Waals surface area contributed by atoms with Gasteiger partial charge in [-0.1, -0.05) is 6.08 Å². The molecule has 1 fully saturated rings. The van der Waals surface area contributed by atoms with E-state index in [1.807, 2.05) is 6.08 Å². The van der Waals surface area contributed by atoms with Crippen LogP contribution in [0.4, 0.5) is 23.9 Å². The Labute approximate surface area is 172 Å². The Morgan fingerprint density at radius 3 is 2.90 bits per heavy atom. The minimum Gasteiger partial charge on any atom is -0.403 e. The highest BCUT2D eigenvalue weighted by Crippen LogP contribution is 2.38. The van der Waals surface area contributed by atoms with Crippen LogP contribution in [-0.4, -0.2) is 59.0 Å². The fourth-order valence-electron chi connectivity index (χ4n) is 3.72. The van der Waals surface area contributed by atoms with Crippen molar-refractivity contribution in [3.8, 4) is 0 Å². The highest BCUT2D eigenvalue weighted by Gasteiger charge is 2.40. The van der Waals surface area contributed by atoms with Crippen molar-refractivity contribution in [1.82, 2.24) is 20.2 Å². The van der Waals surface area contributed by atoms with Gasteiger partial charge >= 0.3 is 12.2 Å². The molecule has 2 atom stereocenters. The molecule has 2 amide bonds. The molecule has 1 aromatic heterocycles. The number of amides is 2. The van der Waals surface area contributed by atoms with Crippen LogP contribution in [0.2, 0.25) is 0 Å². The van der Waals surface area contributed by atoms with Gasteiger partial charge in [0, 0.05) is 38.2 Å². The molecule has 2 aliphatic rings. The van der Waals surface area contributed by atoms with E-state index in [0.29, 0.717) is 18.1 Å². The largest absolute Gasteiger partial charge is 0.403 e. The van der Waals surface area contributed by atoms with Gasteiger partial charge in [0.2, 0.25) is 5.95 Å². The molecule has 0 radical (unpaired) electrons. The van der Waals surface area contributed by atoms with Crippen LogP contribution in [0.15, 0.2) is 35.2 Å².